The smallest absolute Gasteiger partial charge is 0.161 e. The third kappa shape index (κ3) is 7.70. The Morgan fingerprint density at radius 2 is 1.58 bits per heavy atom. The zero-order valence-electron chi connectivity index (χ0n) is 15.3. The Morgan fingerprint density at radius 3 is 2.25 bits per heavy atom. The van der Waals surface area contributed by atoms with Gasteiger partial charge in [0, 0.05) is 6.61 Å². The minimum absolute atomic E-state index is 0.513. The number of hydrogen-bond donors (Lipinski definition) is 0. The first-order valence-electron chi connectivity index (χ1n) is 8.39. The Morgan fingerprint density at radius 1 is 0.917 bits per heavy atom. The molecule has 0 aliphatic rings. The molecule has 5 nitrogen and oxygen atoms in total. The first kappa shape index (κ1) is 20.3. The van der Waals surface area contributed by atoms with Gasteiger partial charge in [0.1, 0.15) is 6.61 Å². The molecule has 0 heterocycles. The Balaban J connectivity index is 2.25. The van der Waals surface area contributed by atoms with Gasteiger partial charge in [0.2, 0.25) is 0 Å². The van der Waals surface area contributed by atoms with Crippen molar-refractivity contribution < 1.29 is 23.7 Å². The maximum atomic E-state index is 5.53. The Bertz CT molecular complexity index is 485. The van der Waals surface area contributed by atoms with Crippen LogP contribution in [0, 0.1) is 0 Å². The molecule has 0 atom stereocenters. The van der Waals surface area contributed by atoms with Gasteiger partial charge >= 0.3 is 0 Å². The standard InChI is InChI=1S/C19H30O5/c1-5-6-9-22-10-11-23-12-13-24-15-16(2)17-7-8-18(20-3)19(14-17)21-4/h7-8,14-15H,5-6,9-13H2,1-4H3/b16-15-. The molecule has 0 bridgehead atoms. The number of benzene rings is 1. The maximum absolute atomic E-state index is 5.53. The highest BCUT2D eigenvalue weighted by Crippen LogP contribution is 2.30. The second-order valence-electron chi connectivity index (χ2n) is 5.32. The fourth-order valence-corrected chi connectivity index (χ4v) is 2.01. The van der Waals surface area contributed by atoms with Gasteiger partial charge < -0.3 is 23.7 Å². The van der Waals surface area contributed by atoms with E-state index >= 15 is 0 Å². The molecule has 136 valence electrons. The molecule has 0 aromatic heterocycles. The van der Waals surface area contributed by atoms with Crippen molar-refractivity contribution in [2.45, 2.75) is 26.7 Å². The average Bonchev–Trinajstić information content (AvgIpc) is 2.62. The first-order valence-corrected chi connectivity index (χ1v) is 8.39. The average molecular weight is 338 g/mol. The van der Waals surface area contributed by atoms with E-state index in [1.807, 2.05) is 25.1 Å². The summed E-state index contributed by atoms with van der Waals surface area (Å²) in [5.74, 6) is 1.42. The van der Waals surface area contributed by atoms with Crippen LogP contribution in [-0.2, 0) is 14.2 Å². The molecule has 5 heteroatoms. The maximum Gasteiger partial charge on any atom is 0.161 e. The summed E-state index contributed by atoms with van der Waals surface area (Å²) in [5, 5.41) is 0. The molecule has 0 spiro atoms. The van der Waals surface area contributed by atoms with Gasteiger partial charge in [0.05, 0.1) is 40.3 Å². The Hall–Kier alpha value is -1.72. The molecule has 0 saturated heterocycles. The van der Waals surface area contributed by atoms with Gasteiger partial charge in [-0.05, 0) is 36.6 Å². The third-order valence-electron chi connectivity index (χ3n) is 3.46. The number of unbranched alkanes of at least 4 members (excludes halogenated alkanes) is 1. The van der Waals surface area contributed by atoms with Crippen LogP contribution in [0.3, 0.4) is 0 Å². The molecule has 0 saturated carbocycles. The molecule has 24 heavy (non-hydrogen) atoms. The molecule has 0 aliphatic carbocycles. The van der Waals surface area contributed by atoms with Gasteiger partial charge in [-0.1, -0.05) is 19.4 Å². The minimum atomic E-state index is 0.513. The summed E-state index contributed by atoms with van der Waals surface area (Å²) in [4.78, 5) is 0. The van der Waals surface area contributed by atoms with Gasteiger partial charge in [-0.25, -0.2) is 0 Å². The molecule has 0 radical (unpaired) electrons. The quantitative estimate of drug-likeness (QED) is 0.403. The highest BCUT2D eigenvalue weighted by atomic mass is 16.5. The van der Waals surface area contributed by atoms with E-state index in [1.54, 1.807) is 20.5 Å². The van der Waals surface area contributed by atoms with E-state index in [0.717, 1.165) is 30.6 Å². The molecular weight excluding hydrogens is 308 g/mol. The van der Waals surface area contributed by atoms with Gasteiger partial charge in [0.15, 0.2) is 11.5 Å². The number of allylic oxidation sites excluding steroid dienone is 1. The van der Waals surface area contributed by atoms with Crippen LogP contribution in [0.1, 0.15) is 32.3 Å². The monoisotopic (exact) mass is 338 g/mol. The summed E-state index contributed by atoms with van der Waals surface area (Å²) in [5.41, 5.74) is 2.04. The van der Waals surface area contributed by atoms with Crippen LogP contribution >= 0.6 is 0 Å². The topological polar surface area (TPSA) is 46.2 Å². The summed E-state index contributed by atoms with van der Waals surface area (Å²) >= 11 is 0. The predicted octanol–water partition coefficient (Wildman–Crippen LogP) is 3.91. The van der Waals surface area contributed by atoms with Crippen LogP contribution in [0.15, 0.2) is 24.5 Å². The Kier molecular flexibility index (Phi) is 10.7. The van der Waals surface area contributed by atoms with Crippen molar-refractivity contribution >= 4 is 5.57 Å². The van der Waals surface area contributed by atoms with E-state index in [4.69, 9.17) is 23.7 Å². The summed E-state index contributed by atoms with van der Waals surface area (Å²) in [7, 11) is 3.25. The lowest BCUT2D eigenvalue weighted by atomic mass is 10.1. The van der Waals surface area contributed by atoms with Crippen molar-refractivity contribution in [2.24, 2.45) is 0 Å². The summed E-state index contributed by atoms with van der Waals surface area (Å²) in [6.45, 7) is 7.25. The van der Waals surface area contributed by atoms with Gasteiger partial charge in [-0.2, -0.15) is 0 Å². The highest BCUT2D eigenvalue weighted by molar-refractivity contribution is 5.65. The largest absolute Gasteiger partial charge is 0.498 e. The van der Waals surface area contributed by atoms with Crippen LogP contribution in [0.25, 0.3) is 5.57 Å². The van der Waals surface area contributed by atoms with Gasteiger partial charge in [-0.3, -0.25) is 0 Å². The van der Waals surface area contributed by atoms with E-state index in [9.17, 15) is 0 Å². The molecule has 1 aromatic rings. The fraction of sp³-hybridized carbons (Fsp3) is 0.579. The predicted molar refractivity (Wildman–Crippen MR) is 95.7 cm³/mol. The van der Waals surface area contributed by atoms with E-state index < -0.39 is 0 Å². The number of ether oxygens (including phenoxy) is 5. The molecular formula is C19H30O5. The van der Waals surface area contributed by atoms with E-state index in [1.165, 1.54) is 0 Å². The van der Waals surface area contributed by atoms with Crippen molar-refractivity contribution in [3.63, 3.8) is 0 Å². The Labute approximate surface area is 145 Å². The zero-order chi connectivity index (χ0) is 17.6. The van der Waals surface area contributed by atoms with Crippen LogP contribution in [0.2, 0.25) is 0 Å². The molecule has 0 aliphatic heterocycles. The second kappa shape index (κ2) is 12.7. The second-order valence-corrected chi connectivity index (χ2v) is 5.32. The molecule has 0 unspecified atom stereocenters. The number of hydrogen-bond acceptors (Lipinski definition) is 5. The fourth-order valence-electron chi connectivity index (χ4n) is 2.01. The van der Waals surface area contributed by atoms with Crippen LogP contribution in [0.5, 0.6) is 11.5 Å². The molecule has 0 amide bonds. The molecule has 1 rings (SSSR count). The van der Waals surface area contributed by atoms with Crippen molar-refractivity contribution in [1.82, 2.24) is 0 Å². The van der Waals surface area contributed by atoms with E-state index in [2.05, 4.69) is 6.92 Å². The number of methoxy groups -OCH3 is 2. The lowest BCUT2D eigenvalue weighted by Gasteiger charge is -2.10. The van der Waals surface area contributed by atoms with Gasteiger partial charge in [-0.15, -0.1) is 0 Å². The normalized spacial score (nSPS) is 11.4. The SMILES string of the molecule is CCCCOCCOCCO/C=C(/C)c1ccc(OC)c(OC)c1. The lowest BCUT2D eigenvalue weighted by Crippen LogP contribution is -2.08. The number of rotatable bonds is 13. The van der Waals surface area contributed by atoms with E-state index in [-0.39, 0.29) is 0 Å². The van der Waals surface area contributed by atoms with Crippen molar-refractivity contribution in [3.05, 3.63) is 30.0 Å². The summed E-state index contributed by atoms with van der Waals surface area (Å²) < 4.78 is 26.9. The summed E-state index contributed by atoms with van der Waals surface area (Å²) in [6, 6.07) is 5.78. The minimum Gasteiger partial charge on any atom is -0.498 e. The third-order valence-corrected chi connectivity index (χ3v) is 3.46. The van der Waals surface area contributed by atoms with Crippen LogP contribution in [0.4, 0.5) is 0 Å². The summed E-state index contributed by atoms with van der Waals surface area (Å²) in [6.07, 6.45) is 3.99. The van der Waals surface area contributed by atoms with Crippen molar-refractivity contribution in [1.29, 1.82) is 0 Å². The van der Waals surface area contributed by atoms with Crippen LogP contribution < -0.4 is 9.47 Å². The lowest BCUT2D eigenvalue weighted by molar-refractivity contribution is 0.0300. The molecule has 0 fully saturated rings. The van der Waals surface area contributed by atoms with Gasteiger partial charge in [0.25, 0.3) is 0 Å². The van der Waals surface area contributed by atoms with Crippen LogP contribution in [-0.4, -0.2) is 47.3 Å². The molecule has 1 aromatic carbocycles. The highest BCUT2D eigenvalue weighted by Gasteiger charge is 2.05. The zero-order valence-corrected chi connectivity index (χ0v) is 15.3. The van der Waals surface area contributed by atoms with E-state index in [0.29, 0.717) is 37.9 Å². The first-order chi connectivity index (χ1) is 11.7. The van der Waals surface area contributed by atoms with Crippen molar-refractivity contribution in [2.75, 3.05) is 47.3 Å². The van der Waals surface area contributed by atoms with Crippen molar-refractivity contribution in [3.8, 4) is 11.5 Å². The molecule has 0 N–H and O–H groups in total.